The number of nitrogens with zero attached hydrogens (tertiary/aromatic N) is 6. The lowest BCUT2D eigenvalue weighted by molar-refractivity contribution is 0.209. The van der Waals surface area contributed by atoms with Crippen LogP contribution < -0.4 is 4.90 Å². The van der Waals surface area contributed by atoms with Crippen molar-refractivity contribution in [3.05, 3.63) is 36.8 Å². The molecule has 2 aromatic rings. The lowest BCUT2D eigenvalue weighted by Crippen LogP contribution is -2.46. The summed E-state index contributed by atoms with van der Waals surface area (Å²) in [6.45, 7) is 3.48. The van der Waals surface area contributed by atoms with E-state index in [-0.39, 0.29) is 0 Å². The summed E-state index contributed by atoms with van der Waals surface area (Å²) >= 11 is 0. The minimum atomic E-state index is 0.625. The largest absolute Gasteiger partial charge is 0.350 e. The van der Waals surface area contributed by atoms with Crippen molar-refractivity contribution >= 4 is 5.82 Å². The van der Waals surface area contributed by atoms with Crippen molar-refractivity contribution in [1.82, 2.24) is 24.4 Å². The van der Waals surface area contributed by atoms with Crippen molar-refractivity contribution < 1.29 is 0 Å². The minimum Gasteiger partial charge on any atom is -0.350 e. The third-order valence-corrected chi connectivity index (χ3v) is 5.32. The zero-order chi connectivity index (χ0) is 16.4. The molecule has 0 spiro atoms. The third kappa shape index (κ3) is 3.43. The van der Waals surface area contributed by atoms with E-state index in [9.17, 15) is 0 Å². The minimum absolute atomic E-state index is 0.625. The van der Waals surface area contributed by atoms with Gasteiger partial charge in [-0.2, -0.15) is 0 Å². The van der Waals surface area contributed by atoms with E-state index in [0.717, 1.165) is 18.8 Å². The average molecular weight is 326 g/mol. The molecule has 128 valence electrons. The van der Waals surface area contributed by atoms with E-state index in [0.29, 0.717) is 12.1 Å². The highest BCUT2D eigenvalue weighted by atomic mass is 15.3. The Balaban J connectivity index is 1.32. The van der Waals surface area contributed by atoms with Crippen LogP contribution in [0.15, 0.2) is 31.1 Å². The monoisotopic (exact) mass is 326 g/mol. The van der Waals surface area contributed by atoms with E-state index >= 15 is 0 Å². The molecule has 0 N–H and O–H groups in total. The Labute approximate surface area is 143 Å². The summed E-state index contributed by atoms with van der Waals surface area (Å²) in [6.07, 6.45) is 13.6. The van der Waals surface area contributed by atoms with Crippen molar-refractivity contribution in [1.29, 1.82) is 0 Å². The van der Waals surface area contributed by atoms with E-state index in [1.165, 1.54) is 44.5 Å². The summed E-state index contributed by atoms with van der Waals surface area (Å²) in [4.78, 5) is 17.9. The van der Waals surface area contributed by atoms with Crippen LogP contribution in [0.3, 0.4) is 0 Å². The van der Waals surface area contributed by atoms with Gasteiger partial charge in [0.05, 0.1) is 6.33 Å². The molecule has 1 aliphatic carbocycles. The molecular formula is C18H26N6. The zero-order valence-electron chi connectivity index (χ0n) is 14.4. The van der Waals surface area contributed by atoms with E-state index in [2.05, 4.69) is 42.4 Å². The lowest BCUT2D eigenvalue weighted by Gasteiger charge is -2.39. The quantitative estimate of drug-likeness (QED) is 0.811. The van der Waals surface area contributed by atoms with E-state index in [4.69, 9.17) is 0 Å². The molecule has 0 atom stereocenters. The fourth-order valence-corrected chi connectivity index (χ4v) is 3.78. The molecule has 1 aliphatic heterocycles. The van der Waals surface area contributed by atoms with Crippen molar-refractivity contribution in [2.24, 2.45) is 7.05 Å². The van der Waals surface area contributed by atoms with Crippen LogP contribution in [0.2, 0.25) is 0 Å². The Kier molecular flexibility index (Phi) is 4.47. The summed E-state index contributed by atoms with van der Waals surface area (Å²) in [7, 11) is 2.07. The van der Waals surface area contributed by atoms with Gasteiger partial charge < -0.3 is 14.4 Å². The molecule has 0 amide bonds. The Bertz CT molecular complexity index is 643. The first-order chi connectivity index (χ1) is 11.8. The maximum absolute atomic E-state index is 4.51. The molecule has 4 rings (SSSR count). The summed E-state index contributed by atoms with van der Waals surface area (Å²) in [5.74, 6) is 1.11. The van der Waals surface area contributed by atoms with Gasteiger partial charge in [-0.25, -0.2) is 15.0 Å². The van der Waals surface area contributed by atoms with Gasteiger partial charge in [0.1, 0.15) is 12.1 Å². The van der Waals surface area contributed by atoms with Gasteiger partial charge >= 0.3 is 0 Å². The summed E-state index contributed by atoms with van der Waals surface area (Å²) in [6, 6.07) is 3.39. The van der Waals surface area contributed by atoms with Gasteiger partial charge in [0.2, 0.25) is 0 Å². The number of aromatic nitrogens is 4. The second kappa shape index (κ2) is 6.89. The number of piperidine rings is 1. The third-order valence-electron chi connectivity index (χ3n) is 5.32. The molecule has 0 unspecified atom stereocenters. The summed E-state index contributed by atoms with van der Waals surface area (Å²) in [5, 5.41) is 0. The predicted molar refractivity (Wildman–Crippen MR) is 93.9 cm³/mol. The maximum Gasteiger partial charge on any atom is 0.132 e. The highest BCUT2D eigenvalue weighted by Crippen LogP contribution is 2.34. The Morgan fingerprint density at radius 2 is 1.92 bits per heavy atom. The van der Waals surface area contributed by atoms with Gasteiger partial charge in [0.15, 0.2) is 0 Å². The highest BCUT2D eigenvalue weighted by Gasteiger charge is 2.36. The molecule has 1 saturated heterocycles. The number of hydrogen-bond acceptors (Lipinski definition) is 5. The Hall–Kier alpha value is -1.95. The first-order valence-corrected chi connectivity index (χ1v) is 9.03. The molecule has 1 saturated carbocycles. The molecule has 0 bridgehead atoms. The molecular weight excluding hydrogens is 300 g/mol. The van der Waals surface area contributed by atoms with Crippen molar-refractivity contribution in [3.63, 3.8) is 0 Å². The molecule has 0 aromatic carbocycles. The van der Waals surface area contributed by atoms with E-state index in [1.807, 2.05) is 18.7 Å². The van der Waals surface area contributed by atoms with Gasteiger partial charge in [0, 0.05) is 63.3 Å². The highest BCUT2D eigenvalue weighted by molar-refractivity contribution is 5.41. The predicted octanol–water partition coefficient (Wildman–Crippen LogP) is 1.89. The second-order valence-electron chi connectivity index (χ2n) is 7.02. The van der Waals surface area contributed by atoms with Crippen molar-refractivity contribution in [2.75, 3.05) is 24.5 Å². The summed E-state index contributed by atoms with van der Waals surface area (Å²) < 4.78 is 2.12. The van der Waals surface area contributed by atoms with Crippen LogP contribution in [0.4, 0.5) is 5.82 Å². The Morgan fingerprint density at radius 3 is 2.54 bits per heavy atom. The van der Waals surface area contributed by atoms with Crippen LogP contribution in [-0.2, 0) is 13.5 Å². The van der Waals surface area contributed by atoms with Gasteiger partial charge in [-0.1, -0.05) is 0 Å². The van der Waals surface area contributed by atoms with Crippen LogP contribution in [0.1, 0.15) is 31.4 Å². The second-order valence-corrected chi connectivity index (χ2v) is 7.02. The van der Waals surface area contributed by atoms with Crippen LogP contribution in [-0.4, -0.2) is 56.1 Å². The first-order valence-electron chi connectivity index (χ1n) is 9.03. The van der Waals surface area contributed by atoms with Gasteiger partial charge in [0.25, 0.3) is 0 Å². The first kappa shape index (κ1) is 15.6. The standard InChI is InChI=1S/C18H26N6/c1-22-14-20-12-17(22)7-11-23-9-5-16(6-10-23)24(15-2-3-15)18-4-8-19-13-21-18/h4,8,12-16H,2-3,5-7,9-11H2,1H3. The molecule has 2 aliphatic rings. The van der Waals surface area contributed by atoms with Crippen LogP contribution in [0.5, 0.6) is 0 Å². The van der Waals surface area contributed by atoms with E-state index < -0.39 is 0 Å². The number of imidazole rings is 1. The molecule has 2 aromatic heterocycles. The SMILES string of the molecule is Cn1cncc1CCN1CCC(N(c2ccncn2)C2CC2)CC1. The fourth-order valence-electron chi connectivity index (χ4n) is 3.78. The van der Waals surface area contributed by atoms with Gasteiger partial charge in [-0.3, -0.25) is 0 Å². The van der Waals surface area contributed by atoms with Crippen LogP contribution in [0.25, 0.3) is 0 Å². The molecule has 6 heteroatoms. The average Bonchev–Trinajstić information content (AvgIpc) is 3.37. The normalized spacial score (nSPS) is 19.5. The number of hydrogen-bond donors (Lipinski definition) is 0. The van der Waals surface area contributed by atoms with Crippen LogP contribution >= 0.6 is 0 Å². The summed E-state index contributed by atoms with van der Waals surface area (Å²) in [5.41, 5.74) is 1.32. The molecule has 2 fully saturated rings. The van der Waals surface area contributed by atoms with Gasteiger partial charge in [-0.05, 0) is 31.7 Å². The number of rotatable bonds is 6. The molecule has 24 heavy (non-hydrogen) atoms. The smallest absolute Gasteiger partial charge is 0.132 e. The number of aryl methyl sites for hydroxylation is 1. The fraction of sp³-hybridized carbons (Fsp3) is 0.611. The van der Waals surface area contributed by atoms with Crippen molar-refractivity contribution in [2.45, 2.75) is 44.2 Å². The van der Waals surface area contributed by atoms with Crippen molar-refractivity contribution in [3.8, 4) is 0 Å². The van der Waals surface area contributed by atoms with Crippen LogP contribution in [0, 0.1) is 0 Å². The molecule has 0 radical (unpaired) electrons. The molecule has 3 heterocycles. The maximum atomic E-state index is 4.51. The van der Waals surface area contributed by atoms with Gasteiger partial charge in [-0.15, -0.1) is 0 Å². The zero-order valence-corrected chi connectivity index (χ0v) is 14.4. The number of likely N-dealkylation sites (tertiary alicyclic amines) is 1. The number of anilines is 1. The Morgan fingerprint density at radius 1 is 1.12 bits per heavy atom. The van der Waals surface area contributed by atoms with E-state index in [1.54, 1.807) is 6.33 Å². The molecule has 6 nitrogen and oxygen atoms in total. The lowest BCUT2D eigenvalue weighted by atomic mass is 10.0. The topological polar surface area (TPSA) is 50.1 Å².